The van der Waals surface area contributed by atoms with Gasteiger partial charge in [0.25, 0.3) is 0 Å². The van der Waals surface area contributed by atoms with Gasteiger partial charge in [-0.1, -0.05) is 13.0 Å². The number of aromatic nitrogens is 4. The molecule has 0 bridgehead atoms. The molecule has 0 radical (unpaired) electrons. The Bertz CT molecular complexity index is 530. The summed E-state index contributed by atoms with van der Waals surface area (Å²) in [6.45, 7) is 6.15. The van der Waals surface area contributed by atoms with Crippen molar-refractivity contribution in [2.24, 2.45) is 0 Å². The van der Waals surface area contributed by atoms with E-state index in [0.717, 1.165) is 41.2 Å². The van der Waals surface area contributed by atoms with Crippen LogP contribution in [0.4, 0.5) is 5.69 Å². The largest absolute Gasteiger partial charge is 0.398 e. The normalized spacial score (nSPS) is 10.8. The van der Waals surface area contributed by atoms with E-state index in [-0.39, 0.29) is 0 Å². The fourth-order valence-corrected chi connectivity index (χ4v) is 1.86. The van der Waals surface area contributed by atoms with E-state index in [1.54, 1.807) is 4.68 Å². The second-order valence-electron chi connectivity index (χ2n) is 4.25. The molecule has 2 aromatic rings. The van der Waals surface area contributed by atoms with Gasteiger partial charge < -0.3 is 5.73 Å². The third kappa shape index (κ3) is 2.13. The molecule has 2 rings (SSSR count). The Balaban J connectivity index is 2.52. The average molecular weight is 231 g/mol. The van der Waals surface area contributed by atoms with Crippen LogP contribution in [-0.4, -0.2) is 20.2 Å². The van der Waals surface area contributed by atoms with Gasteiger partial charge in [-0.05, 0) is 47.9 Å². The Morgan fingerprint density at radius 3 is 2.71 bits per heavy atom. The van der Waals surface area contributed by atoms with Crippen LogP contribution in [0.1, 0.15) is 30.3 Å². The number of nitrogen functional groups attached to an aromatic ring is 1. The summed E-state index contributed by atoms with van der Waals surface area (Å²) in [7, 11) is 0. The zero-order chi connectivity index (χ0) is 12.4. The van der Waals surface area contributed by atoms with Crippen molar-refractivity contribution < 1.29 is 0 Å². The first-order valence-corrected chi connectivity index (χ1v) is 5.77. The molecule has 0 saturated carbocycles. The zero-order valence-corrected chi connectivity index (χ0v) is 10.4. The summed E-state index contributed by atoms with van der Waals surface area (Å²) < 4.78 is 1.77. The van der Waals surface area contributed by atoms with Crippen molar-refractivity contribution in [3.8, 4) is 5.69 Å². The minimum Gasteiger partial charge on any atom is -0.398 e. The monoisotopic (exact) mass is 231 g/mol. The quantitative estimate of drug-likeness (QED) is 0.818. The van der Waals surface area contributed by atoms with E-state index in [1.807, 2.05) is 19.9 Å². The first-order valence-electron chi connectivity index (χ1n) is 5.77. The molecule has 90 valence electrons. The summed E-state index contributed by atoms with van der Waals surface area (Å²) in [4.78, 5) is 0. The minimum absolute atomic E-state index is 0.767. The maximum absolute atomic E-state index is 5.94. The van der Waals surface area contributed by atoms with E-state index in [9.17, 15) is 0 Å². The van der Waals surface area contributed by atoms with Crippen LogP contribution in [0.2, 0.25) is 0 Å². The number of hydrogen-bond donors (Lipinski definition) is 1. The predicted molar refractivity (Wildman–Crippen MR) is 67.0 cm³/mol. The van der Waals surface area contributed by atoms with Crippen LogP contribution < -0.4 is 5.73 Å². The number of tetrazole rings is 1. The van der Waals surface area contributed by atoms with Crippen LogP contribution >= 0.6 is 0 Å². The van der Waals surface area contributed by atoms with E-state index < -0.39 is 0 Å². The Morgan fingerprint density at radius 1 is 1.24 bits per heavy atom. The van der Waals surface area contributed by atoms with Gasteiger partial charge in [0.05, 0.1) is 5.69 Å². The Morgan fingerprint density at radius 2 is 2.00 bits per heavy atom. The van der Waals surface area contributed by atoms with Gasteiger partial charge in [-0.25, -0.2) is 0 Å². The molecule has 0 fully saturated rings. The number of rotatable bonds is 3. The lowest BCUT2D eigenvalue weighted by atomic mass is 10.1. The predicted octanol–water partition coefficient (Wildman–Crippen LogP) is 1.81. The summed E-state index contributed by atoms with van der Waals surface area (Å²) in [5.74, 6) is 0.874. The van der Waals surface area contributed by atoms with Crippen LogP contribution in [0.5, 0.6) is 0 Å². The molecule has 0 atom stereocenters. The lowest BCUT2D eigenvalue weighted by Gasteiger charge is -2.10. The maximum atomic E-state index is 5.94. The number of nitrogens with zero attached hydrogens (tertiary/aromatic N) is 4. The van der Waals surface area contributed by atoms with E-state index in [2.05, 4.69) is 28.5 Å². The first-order chi connectivity index (χ1) is 8.13. The minimum atomic E-state index is 0.767. The molecule has 0 aliphatic heterocycles. The molecule has 1 aromatic carbocycles. The van der Waals surface area contributed by atoms with Gasteiger partial charge in [0.1, 0.15) is 0 Å². The third-order valence-electron chi connectivity index (χ3n) is 2.82. The average Bonchev–Trinajstić information content (AvgIpc) is 2.72. The van der Waals surface area contributed by atoms with Gasteiger partial charge >= 0.3 is 0 Å². The smallest absolute Gasteiger partial charge is 0.156 e. The van der Waals surface area contributed by atoms with Crippen molar-refractivity contribution in [3.05, 3.63) is 29.1 Å². The Hall–Kier alpha value is -1.91. The molecule has 1 heterocycles. The number of benzene rings is 1. The molecule has 0 amide bonds. The van der Waals surface area contributed by atoms with E-state index >= 15 is 0 Å². The summed E-state index contributed by atoms with van der Waals surface area (Å²) in [5.41, 5.74) is 9.87. The highest BCUT2D eigenvalue weighted by Gasteiger charge is 2.11. The zero-order valence-electron chi connectivity index (χ0n) is 10.4. The molecular formula is C12H17N5. The maximum Gasteiger partial charge on any atom is 0.156 e. The second-order valence-corrected chi connectivity index (χ2v) is 4.25. The molecule has 1 aromatic heterocycles. The van der Waals surface area contributed by atoms with Gasteiger partial charge in [-0.2, -0.15) is 4.68 Å². The summed E-state index contributed by atoms with van der Waals surface area (Å²) in [6.07, 6.45) is 1.88. The third-order valence-corrected chi connectivity index (χ3v) is 2.82. The molecule has 17 heavy (non-hydrogen) atoms. The summed E-state index contributed by atoms with van der Waals surface area (Å²) in [5, 5.41) is 11.8. The number of aryl methyl sites for hydroxylation is 3. The number of anilines is 1. The van der Waals surface area contributed by atoms with Crippen LogP contribution in [0.3, 0.4) is 0 Å². The van der Waals surface area contributed by atoms with Gasteiger partial charge in [0, 0.05) is 12.1 Å². The summed E-state index contributed by atoms with van der Waals surface area (Å²) in [6, 6.07) is 3.99. The van der Waals surface area contributed by atoms with Gasteiger partial charge in [-0.3, -0.25) is 0 Å². The topological polar surface area (TPSA) is 69.6 Å². The molecule has 2 N–H and O–H groups in total. The lowest BCUT2D eigenvalue weighted by Crippen LogP contribution is -2.06. The fraction of sp³-hybridized carbons (Fsp3) is 0.417. The molecule has 0 aliphatic carbocycles. The van der Waals surface area contributed by atoms with Crippen molar-refractivity contribution in [1.29, 1.82) is 0 Å². The Kier molecular flexibility index (Phi) is 3.08. The van der Waals surface area contributed by atoms with Gasteiger partial charge in [-0.15, -0.1) is 5.10 Å². The van der Waals surface area contributed by atoms with E-state index in [1.165, 1.54) is 0 Å². The molecule has 0 spiro atoms. The summed E-state index contributed by atoms with van der Waals surface area (Å²) >= 11 is 0. The molecule has 5 nitrogen and oxygen atoms in total. The van der Waals surface area contributed by atoms with Gasteiger partial charge in [0.15, 0.2) is 5.82 Å². The molecule has 0 saturated heterocycles. The van der Waals surface area contributed by atoms with E-state index in [0.29, 0.717) is 0 Å². The highest BCUT2D eigenvalue weighted by atomic mass is 15.5. The van der Waals surface area contributed by atoms with Crippen molar-refractivity contribution in [2.75, 3.05) is 5.73 Å². The van der Waals surface area contributed by atoms with Crippen molar-refractivity contribution >= 4 is 5.69 Å². The number of hydrogen-bond acceptors (Lipinski definition) is 4. The lowest BCUT2D eigenvalue weighted by molar-refractivity contribution is 0.741. The van der Waals surface area contributed by atoms with Crippen LogP contribution in [0.15, 0.2) is 12.1 Å². The van der Waals surface area contributed by atoms with E-state index in [4.69, 9.17) is 5.73 Å². The Labute approximate surface area is 101 Å². The molecule has 0 aliphatic rings. The molecule has 0 unspecified atom stereocenters. The SMILES string of the molecule is CCCc1nnnn1-c1cc(N)c(C)cc1C. The van der Waals surface area contributed by atoms with Gasteiger partial charge in [0.2, 0.25) is 0 Å². The highest BCUT2D eigenvalue weighted by Crippen LogP contribution is 2.21. The van der Waals surface area contributed by atoms with Crippen molar-refractivity contribution in [2.45, 2.75) is 33.6 Å². The second kappa shape index (κ2) is 4.53. The standard InChI is InChI=1S/C12H17N5/c1-4-5-12-14-15-16-17(12)11-7-10(13)8(2)6-9(11)3/h6-7H,4-5,13H2,1-3H3. The fourth-order valence-electron chi connectivity index (χ4n) is 1.86. The van der Waals surface area contributed by atoms with Crippen LogP contribution in [-0.2, 0) is 6.42 Å². The highest BCUT2D eigenvalue weighted by molar-refractivity contribution is 5.57. The van der Waals surface area contributed by atoms with Crippen LogP contribution in [0, 0.1) is 13.8 Å². The van der Waals surface area contributed by atoms with Crippen LogP contribution in [0.25, 0.3) is 5.69 Å². The molecular weight excluding hydrogens is 214 g/mol. The number of nitrogens with two attached hydrogens (primary N) is 1. The van der Waals surface area contributed by atoms with Crippen molar-refractivity contribution in [3.63, 3.8) is 0 Å². The first kappa shape index (κ1) is 11.6. The molecule has 5 heteroatoms. The van der Waals surface area contributed by atoms with Crippen molar-refractivity contribution in [1.82, 2.24) is 20.2 Å².